The highest BCUT2D eigenvalue weighted by Crippen LogP contribution is 2.32. The summed E-state index contributed by atoms with van der Waals surface area (Å²) >= 11 is 0. The molecule has 0 atom stereocenters. The fraction of sp³-hybridized carbons (Fsp3) is 0.636. The third-order valence-electron chi connectivity index (χ3n) is 23.1. The van der Waals surface area contributed by atoms with Gasteiger partial charge >= 0.3 is 36.6 Å². The Labute approximate surface area is 812 Å². The molecule has 0 saturated heterocycles. The van der Waals surface area contributed by atoms with Crippen LogP contribution < -0.4 is 5.73 Å². The minimum Gasteiger partial charge on any atom is -0.444 e. The van der Waals surface area contributed by atoms with Crippen molar-refractivity contribution in [2.75, 3.05) is 60.6 Å². The zero-order valence-electron chi connectivity index (χ0n) is 86.5. The molecule has 4 fully saturated rings. The number of nitrogens with two attached hydrogens (primary N) is 1. The Bertz CT molecular complexity index is 4760. The van der Waals surface area contributed by atoms with Gasteiger partial charge in [-0.25, -0.2) is 35.2 Å². The Morgan fingerprint density at radius 3 is 1.01 bits per heavy atom. The van der Waals surface area contributed by atoms with Crippen LogP contribution in [0.25, 0.3) is 4.85 Å². The molecule has 136 heavy (non-hydrogen) atoms. The average molecular weight is 1890 g/mol. The van der Waals surface area contributed by atoms with Crippen LogP contribution in [0.2, 0.25) is 0 Å². The molecule has 4 saturated carbocycles. The monoisotopic (exact) mass is 1880 g/mol. The van der Waals surface area contributed by atoms with Crippen molar-refractivity contribution in [1.82, 2.24) is 63.6 Å². The summed E-state index contributed by atoms with van der Waals surface area (Å²) in [6, 6.07) is 39.1. The van der Waals surface area contributed by atoms with Crippen molar-refractivity contribution >= 4 is 54.0 Å². The molecule has 0 bridgehead atoms. The minimum atomic E-state index is -0.575. The number of ether oxygens (including phenoxy) is 5. The number of carbonyl (C=O) groups excluding carboxylic acids is 9. The lowest BCUT2D eigenvalue weighted by atomic mass is 9.89. The number of rotatable bonds is 29. The molecular weight excluding hydrogens is 1720 g/mol. The van der Waals surface area contributed by atoms with E-state index in [9.17, 15) is 33.6 Å². The molecule has 2 N–H and O–H groups in total. The number of aromatic nitrogens is 8. The standard InChI is InChI=1S/C25H35N3O3.C25H37N3O2.C21H30N2.C17H30N4O2.C10H16N2O3.C8H17NO2.CO2/c1-25(2,3)31-24(30)27(4)18-21-15-22(16-23(29)20-13-9-6-10-14-20)28(26-21)17-19-11-7-5-8-12-19;1-25(2,3)30-24(29)27(4)19-22-17-23(16-15-20-11-7-5-8-12-20)28(26-22)18-21-13-9-6-10-14-21;1-2-9-20-16-21(15-14-18-10-5-3-6-11-18)23(22-20)17-19-12-7-4-8-13-19;1-17(2,3)23-16(22)20(4)12-14-10-15(18)21(19-14)11-13-8-6-5-7-9-13;1-10(2,3)15-9(14)12(5)7-8(13)6-11-4;1-6-9(5)7(10)11-8(2,3)4;2-1-3/h6,9-10,13-15,19H,5,7-8,11-12,16-18H2,1-4H3;5,7-8,11-12,17,21H,6,9-10,13-16,18-19H2,1-4H3;3,5-6,10-11,16,19H,2,4,7-9,12-15,17H2,1H3;10,13H,5-9,11-12,18H2,1-4H3;6-7H2,1-3,5H3;6H2,1-5H3;. The number of amides is 5. The first-order valence-corrected chi connectivity index (χ1v) is 49.3. The molecule has 4 aliphatic rings. The number of likely N-dealkylation sites (N-methyl/N-ethyl adjacent to an activating group) is 1. The highest BCUT2D eigenvalue weighted by Gasteiger charge is 2.29. The van der Waals surface area contributed by atoms with Crippen LogP contribution in [0.5, 0.6) is 0 Å². The van der Waals surface area contributed by atoms with Gasteiger partial charge in [-0.3, -0.25) is 23.6 Å². The molecule has 4 aromatic heterocycles. The summed E-state index contributed by atoms with van der Waals surface area (Å²) in [5, 5.41) is 19.2. The van der Waals surface area contributed by atoms with Crippen LogP contribution >= 0.6 is 0 Å². The fourth-order valence-electron chi connectivity index (χ4n) is 16.2. The Balaban J connectivity index is 0.000000294. The maximum absolute atomic E-state index is 12.8. The van der Waals surface area contributed by atoms with Crippen molar-refractivity contribution in [1.29, 1.82) is 0 Å². The van der Waals surface area contributed by atoms with Crippen LogP contribution in [0.4, 0.5) is 29.8 Å². The van der Waals surface area contributed by atoms with E-state index in [-0.39, 0.29) is 60.8 Å². The second kappa shape index (κ2) is 58.4. The topological polar surface area (TPSA) is 318 Å². The molecular formula is C107H165N15O14. The number of carbonyl (C=O) groups is 7. The summed E-state index contributed by atoms with van der Waals surface area (Å²) in [6.07, 6.45) is 31.5. The molecule has 0 spiro atoms. The smallest absolute Gasteiger partial charge is 0.410 e. The third-order valence-corrected chi connectivity index (χ3v) is 23.1. The molecule has 752 valence electrons. The molecule has 3 aromatic carbocycles. The van der Waals surface area contributed by atoms with Crippen molar-refractivity contribution in [3.05, 3.63) is 183 Å². The van der Waals surface area contributed by atoms with Gasteiger partial charge in [0, 0.05) is 96.7 Å². The maximum atomic E-state index is 12.8. The maximum Gasteiger partial charge on any atom is 0.410 e. The van der Waals surface area contributed by atoms with Crippen molar-refractivity contribution in [2.45, 2.75) is 365 Å². The van der Waals surface area contributed by atoms with Gasteiger partial charge in [0.05, 0.1) is 55.4 Å². The van der Waals surface area contributed by atoms with Gasteiger partial charge in [-0.15, -0.1) is 0 Å². The quantitative estimate of drug-likeness (QED) is 0.0259. The highest BCUT2D eigenvalue weighted by atomic mass is 16.6. The predicted molar refractivity (Wildman–Crippen MR) is 534 cm³/mol. The van der Waals surface area contributed by atoms with Gasteiger partial charge in [-0.2, -0.15) is 30.0 Å². The number of nitrogens with zero attached hydrogens (tertiary/aromatic N) is 14. The van der Waals surface area contributed by atoms with Gasteiger partial charge in [0.25, 0.3) is 6.54 Å². The van der Waals surface area contributed by atoms with Gasteiger partial charge in [0.2, 0.25) is 5.78 Å². The number of anilines is 1. The predicted octanol–water partition coefficient (Wildman–Crippen LogP) is 22.1. The molecule has 0 radical (unpaired) electrons. The van der Waals surface area contributed by atoms with E-state index in [2.05, 4.69) is 99.0 Å². The van der Waals surface area contributed by atoms with Gasteiger partial charge in [-0.1, -0.05) is 181 Å². The van der Waals surface area contributed by atoms with E-state index in [1.54, 1.807) is 53.9 Å². The van der Waals surface area contributed by atoms with Crippen molar-refractivity contribution < 1.29 is 66.8 Å². The fourth-order valence-corrected chi connectivity index (χ4v) is 16.2. The molecule has 4 heterocycles. The van der Waals surface area contributed by atoms with E-state index < -0.39 is 28.5 Å². The first-order valence-electron chi connectivity index (χ1n) is 49.3. The molecule has 29 nitrogen and oxygen atoms in total. The molecule has 4 aliphatic carbocycles. The van der Waals surface area contributed by atoms with Gasteiger partial charge in [0.1, 0.15) is 33.8 Å². The van der Waals surface area contributed by atoms with E-state index in [0.717, 1.165) is 87.0 Å². The summed E-state index contributed by atoms with van der Waals surface area (Å²) in [5.74, 6) is 3.27. The van der Waals surface area contributed by atoms with E-state index >= 15 is 0 Å². The number of nitrogen functional groups attached to an aromatic ring is 1. The Hall–Kier alpha value is -11.1. The number of Topliss-reactive ketones (excluding diaryl/α,β-unsaturated/α-hetero) is 2. The van der Waals surface area contributed by atoms with E-state index in [0.29, 0.717) is 61.7 Å². The Morgan fingerprint density at radius 2 is 0.676 bits per heavy atom. The molecule has 0 aliphatic heterocycles. The van der Waals surface area contributed by atoms with Gasteiger partial charge in [-0.05, 0) is 247 Å². The molecule has 11 rings (SSSR count). The largest absolute Gasteiger partial charge is 0.444 e. The van der Waals surface area contributed by atoms with Crippen LogP contribution in [0.15, 0.2) is 115 Å². The van der Waals surface area contributed by atoms with Crippen LogP contribution in [-0.4, -0.2) is 195 Å². The Morgan fingerprint density at radius 1 is 0.390 bits per heavy atom. The van der Waals surface area contributed by atoms with Crippen LogP contribution in [0.1, 0.15) is 314 Å². The lowest BCUT2D eigenvalue weighted by Crippen LogP contribution is -2.37. The van der Waals surface area contributed by atoms with Crippen LogP contribution in [-0.2, 0) is 122 Å². The van der Waals surface area contributed by atoms with E-state index in [1.807, 2.05) is 142 Å². The average Bonchev–Trinajstić information content (AvgIpc) is 1.69. The lowest BCUT2D eigenvalue weighted by Gasteiger charge is -2.24. The first kappa shape index (κ1) is 115. The third kappa shape index (κ3) is 47.6. The number of aryl methyl sites for hydroxylation is 5. The van der Waals surface area contributed by atoms with Crippen LogP contribution in [0, 0.1) is 30.2 Å². The Kier molecular flexibility index (Phi) is 49.6. The van der Waals surface area contributed by atoms with Crippen LogP contribution in [0.3, 0.4) is 0 Å². The summed E-state index contributed by atoms with van der Waals surface area (Å²) in [4.78, 5) is 110. The number of ketones is 2. The van der Waals surface area contributed by atoms with Crippen molar-refractivity contribution in [2.24, 2.45) is 23.7 Å². The first-order chi connectivity index (χ1) is 64.1. The number of hydrogen-bond donors (Lipinski definition) is 1. The zero-order chi connectivity index (χ0) is 101. The summed E-state index contributed by atoms with van der Waals surface area (Å²) in [5.41, 5.74) is 14.5. The van der Waals surface area contributed by atoms with E-state index in [1.165, 1.54) is 190 Å². The lowest BCUT2D eigenvalue weighted by molar-refractivity contribution is -0.191. The number of hydrogen-bond acceptors (Lipinski definition) is 19. The SMILES string of the molecule is CCCc1cc(CCc2ccccc2)n(CC2CCCCC2)n1.CCN(C)C(=O)OC(C)(C)C.CN(Cc1cc(CC(=O)c2ccccc2)n(CC2CCCCC2)n1)C(=O)OC(C)(C)C.CN(Cc1cc(CCc2ccccc2)n(CC2CCCCC2)n1)C(=O)OC(C)(C)C.CN(Cc1cc(N)n(CC2CCCCC2)n1)C(=O)OC(C)(C)C.O=C=O.[C-]#[N+]CC(=O)CN(C)C(=O)OC(C)(C)C. The summed E-state index contributed by atoms with van der Waals surface area (Å²) in [6.45, 7) is 43.7. The molecule has 7 aromatic rings. The zero-order valence-corrected chi connectivity index (χ0v) is 86.5. The van der Waals surface area contributed by atoms with E-state index in [4.69, 9.17) is 60.9 Å². The highest BCUT2D eigenvalue weighted by molar-refractivity contribution is 5.97. The second-order valence-electron chi connectivity index (χ2n) is 41.7. The summed E-state index contributed by atoms with van der Waals surface area (Å²) < 4.78 is 34.8. The summed E-state index contributed by atoms with van der Waals surface area (Å²) in [7, 11) is 8.38. The number of benzene rings is 3. The van der Waals surface area contributed by atoms with Crippen molar-refractivity contribution in [3.8, 4) is 0 Å². The normalized spacial score (nSPS) is 14.3. The molecule has 29 heteroatoms. The van der Waals surface area contributed by atoms with Gasteiger partial charge < -0.3 is 58.8 Å². The van der Waals surface area contributed by atoms with Crippen molar-refractivity contribution in [3.63, 3.8) is 0 Å². The minimum absolute atomic E-state index is 0.0810. The van der Waals surface area contributed by atoms with Gasteiger partial charge in [0.15, 0.2) is 5.78 Å². The molecule has 0 unspecified atom stereocenters. The molecule has 5 amide bonds. The second-order valence-corrected chi connectivity index (χ2v) is 41.7.